The van der Waals surface area contributed by atoms with Gasteiger partial charge in [-0.25, -0.2) is 0 Å². The normalized spacial score (nSPS) is 19.2. The van der Waals surface area contributed by atoms with Crippen LogP contribution in [0.3, 0.4) is 0 Å². The molecule has 5 nitrogen and oxygen atoms in total. The zero-order valence-corrected chi connectivity index (χ0v) is 11.9. The summed E-state index contributed by atoms with van der Waals surface area (Å²) in [4.78, 5) is 11.1. The molecule has 0 aromatic carbocycles. The van der Waals surface area contributed by atoms with Crippen LogP contribution in [0.5, 0.6) is 5.88 Å². The van der Waals surface area contributed by atoms with E-state index in [2.05, 4.69) is 14.9 Å². The van der Waals surface area contributed by atoms with Gasteiger partial charge in [-0.1, -0.05) is 0 Å². The topological polar surface area (TPSA) is 64.3 Å². The number of ether oxygens (including phenoxy) is 1. The minimum Gasteiger partial charge on any atom is -0.474 e. The van der Waals surface area contributed by atoms with Crippen molar-refractivity contribution in [3.63, 3.8) is 0 Å². The molecule has 0 saturated carbocycles. The van der Waals surface area contributed by atoms with Gasteiger partial charge < -0.3 is 15.4 Å². The number of anilines is 1. The van der Waals surface area contributed by atoms with Crippen LogP contribution in [0.15, 0.2) is 12.4 Å². The predicted octanol–water partition coefficient (Wildman–Crippen LogP) is 1.97. The van der Waals surface area contributed by atoms with Gasteiger partial charge in [-0.15, -0.1) is 0 Å². The molecule has 0 aliphatic carbocycles. The Hall–Kier alpha value is -1.36. The highest BCUT2D eigenvalue weighted by molar-refractivity contribution is 5.40. The fourth-order valence-corrected chi connectivity index (χ4v) is 2.57. The zero-order chi connectivity index (χ0) is 13.7. The maximum Gasteiger partial charge on any atom is 0.234 e. The van der Waals surface area contributed by atoms with Gasteiger partial charge in [0.15, 0.2) is 5.82 Å². The summed E-state index contributed by atoms with van der Waals surface area (Å²) < 4.78 is 5.61. The molecule has 5 heteroatoms. The SMILES string of the molecule is CC(C)Oc1cncc(N2CCCC2CCCN)n1. The number of hydrogen-bond acceptors (Lipinski definition) is 5. The lowest BCUT2D eigenvalue weighted by atomic mass is 10.1. The highest BCUT2D eigenvalue weighted by Crippen LogP contribution is 2.27. The van der Waals surface area contributed by atoms with Crippen molar-refractivity contribution in [2.24, 2.45) is 5.73 Å². The van der Waals surface area contributed by atoms with Gasteiger partial charge in [0.05, 0.1) is 18.5 Å². The van der Waals surface area contributed by atoms with Gasteiger partial charge >= 0.3 is 0 Å². The molecule has 2 N–H and O–H groups in total. The maximum absolute atomic E-state index is 5.61. The van der Waals surface area contributed by atoms with E-state index < -0.39 is 0 Å². The number of hydrogen-bond donors (Lipinski definition) is 1. The highest BCUT2D eigenvalue weighted by atomic mass is 16.5. The molecule has 2 rings (SSSR count). The Labute approximate surface area is 115 Å². The van der Waals surface area contributed by atoms with Crippen molar-refractivity contribution < 1.29 is 4.74 Å². The Bertz CT molecular complexity index is 397. The lowest BCUT2D eigenvalue weighted by Gasteiger charge is -2.25. The average Bonchev–Trinajstić information content (AvgIpc) is 2.84. The fourth-order valence-electron chi connectivity index (χ4n) is 2.57. The summed E-state index contributed by atoms with van der Waals surface area (Å²) in [6.07, 6.45) is 8.26. The van der Waals surface area contributed by atoms with Crippen LogP contribution < -0.4 is 15.4 Å². The molecule has 0 amide bonds. The molecular formula is C14H24N4O. The first-order valence-electron chi connectivity index (χ1n) is 7.16. The minimum absolute atomic E-state index is 0.121. The van der Waals surface area contributed by atoms with Gasteiger partial charge in [0.2, 0.25) is 5.88 Å². The molecule has 2 heterocycles. The summed E-state index contributed by atoms with van der Waals surface area (Å²) in [5.41, 5.74) is 5.60. The Morgan fingerprint density at radius 3 is 3.05 bits per heavy atom. The van der Waals surface area contributed by atoms with Gasteiger partial charge in [0.1, 0.15) is 0 Å². The lowest BCUT2D eigenvalue weighted by molar-refractivity contribution is 0.231. The van der Waals surface area contributed by atoms with Crippen LogP contribution in [-0.2, 0) is 0 Å². The first-order valence-corrected chi connectivity index (χ1v) is 7.16. The van der Waals surface area contributed by atoms with E-state index in [9.17, 15) is 0 Å². The quantitative estimate of drug-likeness (QED) is 0.851. The number of rotatable bonds is 6. The van der Waals surface area contributed by atoms with Gasteiger partial charge in [0, 0.05) is 12.6 Å². The largest absolute Gasteiger partial charge is 0.474 e. The van der Waals surface area contributed by atoms with E-state index in [1.54, 1.807) is 6.20 Å². The van der Waals surface area contributed by atoms with Gasteiger partial charge in [-0.3, -0.25) is 4.98 Å². The summed E-state index contributed by atoms with van der Waals surface area (Å²) in [5.74, 6) is 1.54. The van der Waals surface area contributed by atoms with E-state index in [1.807, 2.05) is 20.0 Å². The van der Waals surface area contributed by atoms with Crippen LogP contribution in [0.2, 0.25) is 0 Å². The van der Waals surface area contributed by atoms with E-state index in [-0.39, 0.29) is 6.10 Å². The predicted molar refractivity (Wildman–Crippen MR) is 76.5 cm³/mol. The summed E-state index contributed by atoms with van der Waals surface area (Å²) >= 11 is 0. The van der Waals surface area contributed by atoms with Crippen LogP contribution in [0.4, 0.5) is 5.82 Å². The Morgan fingerprint density at radius 1 is 1.47 bits per heavy atom. The summed E-state index contributed by atoms with van der Waals surface area (Å²) in [6, 6.07) is 0.548. The molecule has 1 atom stereocenters. The minimum atomic E-state index is 0.121. The standard InChI is InChI=1S/C14H24N4O/c1-11(2)19-14-10-16-9-13(17-14)18-8-4-6-12(18)5-3-7-15/h9-12H,3-8,15H2,1-2H3. The van der Waals surface area contributed by atoms with Gasteiger partial charge in [0.25, 0.3) is 0 Å². The molecule has 1 aliphatic heterocycles. The van der Waals surface area contributed by atoms with E-state index in [4.69, 9.17) is 10.5 Å². The average molecular weight is 264 g/mol. The van der Waals surface area contributed by atoms with Crippen molar-refractivity contribution in [2.45, 2.75) is 51.7 Å². The van der Waals surface area contributed by atoms with Crippen molar-refractivity contribution in [3.05, 3.63) is 12.4 Å². The smallest absolute Gasteiger partial charge is 0.234 e. The van der Waals surface area contributed by atoms with Gasteiger partial charge in [-0.05, 0) is 46.1 Å². The van der Waals surface area contributed by atoms with Crippen molar-refractivity contribution in [1.29, 1.82) is 0 Å². The third-order valence-electron chi connectivity index (χ3n) is 3.37. The molecule has 1 aromatic rings. The molecule has 19 heavy (non-hydrogen) atoms. The van der Waals surface area contributed by atoms with Crippen LogP contribution in [-0.4, -0.2) is 35.2 Å². The van der Waals surface area contributed by atoms with Crippen LogP contribution in [0.25, 0.3) is 0 Å². The second-order valence-corrected chi connectivity index (χ2v) is 5.30. The summed E-state index contributed by atoms with van der Waals surface area (Å²) in [7, 11) is 0. The number of nitrogens with two attached hydrogens (primary N) is 1. The number of nitrogens with zero attached hydrogens (tertiary/aromatic N) is 3. The number of aromatic nitrogens is 2. The van der Waals surface area contributed by atoms with E-state index in [0.717, 1.165) is 31.7 Å². The molecule has 0 radical (unpaired) electrons. The van der Waals surface area contributed by atoms with E-state index in [1.165, 1.54) is 12.8 Å². The Balaban J connectivity index is 2.07. The molecule has 1 saturated heterocycles. The molecular weight excluding hydrogens is 240 g/mol. The highest BCUT2D eigenvalue weighted by Gasteiger charge is 2.25. The fraction of sp³-hybridized carbons (Fsp3) is 0.714. The van der Waals surface area contributed by atoms with Crippen molar-refractivity contribution in [2.75, 3.05) is 18.0 Å². The van der Waals surface area contributed by atoms with Crippen LogP contribution in [0.1, 0.15) is 39.5 Å². The Morgan fingerprint density at radius 2 is 2.32 bits per heavy atom. The monoisotopic (exact) mass is 264 g/mol. The second kappa shape index (κ2) is 6.70. The molecule has 0 bridgehead atoms. The first-order chi connectivity index (χ1) is 9.20. The molecule has 1 fully saturated rings. The molecule has 0 spiro atoms. The van der Waals surface area contributed by atoms with Crippen molar-refractivity contribution in [1.82, 2.24) is 9.97 Å². The lowest BCUT2D eigenvalue weighted by Crippen LogP contribution is -2.30. The second-order valence-electron chi connectivity index (χ2n) is 5.30. The van der Waals surface area contributed by atoms with Gasteiger partial charge in [-0.2, -0.15) is 4.98 Å². The zero-order valence-electron chi connectivity index (χ0n) is 11.9. The third kappa shape index (κ3) is 3.80. The van der Waals surface area contributed by atoms with E-state index >= 15 is 0 Å². The molecule has 1 aromatic heterocycles. The van der Waals surface area contributed by atoms with Crippen LogP contribution >= 0.6 is 0 Å². The summed E-state index contributed by atoms with van der Waals surface area (Å²) in [5, 5.41) is 0. The maximum atomic E-state index is 5.61. The van der Waals surface area contributed by atoms with Crippen molar-refractivity contribution in [3.8, 4) is 5.88 Å². The van der Waals surface area contributed by atoms with Crippen LogP contribution in [0, 0.1) is 0 Å². The van der Waals surface area contributed by atoms with Crippen molar-refractivity contribution >= 4 is 5.82 Å². The summed E-state index contributed by atoms with van der Waals surface area (Å²) in [6.45, 7) is 5.80. The van der Waals surface area contributed by atoms with E-state index in [0.29, 0.717) is 11.9 Å². The molecule has 1 aliphatic rings. The molecule has 1 unspecified atom stereocenters. The molecule has 106 valence electrons. The first kappa shape index (κ1) is 14.1. The Kier molecular flexibility index (Phi) is 4.96. The third-order valence-corrected chi connectivity index (χ3v) is 3.37.